The molecular formula is C22H22N4O4. The molecule has 2 aliphatic heterocycles. The third-order valence-corrected chi connectivity index (χ3v) is 5.28. The molecule has 0 aliphatic carbocycles. The minimum absolute atomic E-state index is 0.182. The maximum Gasteiger partial charge on any atom is 0.293 e. The van der Waals surface area contributed by atoms with Crippen molar-refractivity contribution >= 4 is 0 Å². The Labute approximate surface area is 173 Å². The summed E-state index contributed by atoms with van der Waals surface area (Å²) < 4.78 is 17.8. The highest BCUT2D eigenvalue weighted by molar-refractivity contribution is 5.66. The maximum absolute atomic E-state index is 13.2. The van der Waals surface area contributed by atoms with E-state index in [1.165, 1.54) is 4.68 Å². The van der Waals surface area contributed by atoms with Crippen LogP contribution in [0.1, 0.15) is 0 Å². The number of benzene rings is 2. The first-order valence-corrected chi connectivity index (χ1v) is 10.0. The molecule has 1 aromatic heterocycles. The molecule has 2 aromatic carbocycles. The number of morpholine rings is 1. The van der Waals surface area contributed by atoms with Gasteiger partial charge in [0.15, 0.2) is 17.3 Å². The fourth-order valence-corrected chi connectivity index (χ4v) is 3.61. The highest BCUT2D eigenvalue weighted by Crippen LogP contribution is 2.35. The third kappa shape index (κ3) is 3.79. The van der Waals surface area contributed by atoms with Crippen molar-refractivity contribution in [3.05, 3.63) is 58.9 Å². The van der Waals surface area contributed by atoms with Crippen LogP contribution in [0.5, 0.6) is 11.5 Å². The summed E-state index contributed by atoms with van der Waals surface area (Å²) in [5.41, 5.74) is 1.68. The first-order chi connectivity index (χ1) is 14.8. The van der Waals surface area contributed by atoms with E-state index in [9.17, 15) is 4.79 Å². The van der Waals surface area contributed by atoms with Crippen LogP contribution in [0.2, 0.25) is 0 Å². The standard InChI is InChI=1S/C22H22N4O4/c27-22-20(17-6-7-18-19(14-17)30-15-29-18)23-21(16-4-2-1-3-5-16)24-26(22)9-8-25-10-12-28-13-11-25/h1-7,14H,8-13,15H2. The van der Waals surface area contributed by atoms with Crippen LogP contribution in [-0.2, 0) is 11.3 Å². The van der Waals surface area contributed by atoms with Gasteiger partial charge in [-0.2, -0.15) is 0 Å². The first-order valence-electron chi connectivity index (χ1n) is 10.0. The van der Waals surface area contributed by atoms with E-state index in [2.05, 4.69) is 15.0 Å². The molecule has 30 heavy (non-hydrogen) atoms. The minimum atomic E-state index is -0.221. The molecule has 1 saturated heterocycles. The Morgan fingerprint density at radius 3 is 2.53 bits per heavy atom. The molecule has 8 heteroatoms. The molecule has 3 aromatic rings. The lowest BCUT2D eigenvalue weighted by atomic mass is 10.1. The van der Waals surface area contributed by atoms with E-state index in [4.69, 9.17) is 14.2 Å². The van der Waals surface area contributed by atoms with Gasteiger partial charge in [0.25, 0.3) is 5.56 Å². The molecule has 0 bridgehead atoms. The highest BCUT2D eigenvalue weighted by Gasteiger charge is 2.19. The predicted octanol–water partition coefficient (Wildman–Crippen LogP) is 2.03. The average Bonchev–Trinajstić information content (AvgIpc) is 3.27. The quantitative estimate of drug-likeness (QED) is 0.642. The Balaban J connectivity index is 1.54. The Bertz CT molecular complexity index is 1090. The van der Waals surface area contributed by atoms with Gasteiger partial charge in [-0.3, -0.25) is 9.69 Å². The van der Waals surface area contributed by atoms with Crippen molar-refractivity contribution in [2.24, 2.45) is 0 Å². The Morgan fingerprint density at radius 2 is 1.70 bits per heavy atom. The van der Waals surface area contributed by atoms with Gasteiger partial charge in [-0.25, -0.2) is 9.67 Å². The van der Waals surface area contributed by atoms with Crippen molar-refractivity contribution in [1.29, 1.82) is 0 Å². The second-order valence-corrected chi connectivity index (χ2v) is 7.20. The van der Waals surface area contributed by atoms with Gasteiger partial charge in [0.1, 0.15) is 5.69 Å². The van der Waals surface area contributed by atoms with E-state index in [0.717, 1.165) is 38.4 Å². The van der Waals surface area contributed by atoms with Crippen LogP contribution < -0.4 is 15.0 Å². The number of ether oxygens (including phenoxy) is 3. The highest BCUT2D eigenvalue weighted by atomic mass is 16.7. The van der Waals surface area contributed by atoms with Crippen LogP contribution >= 0.6 is 0 Å². The molecule has 0 amide bonds. The third-order valence-electron chi connectivity index (χ3n) is 5.28. The van der Waals surface area contributed by atoms with Gasteiger partial charge < -0.3 is 14.2 Å². The van der Waals surface area contributed by atoms with Crippen molar-refractivity contribution in [2.75, 3.05) is 39.6 Å². The van der Waals surface area contributed by atoms with Crippen LogP contribution in [0.4, 0.5) is 0 Å². The van der Waals surface area contributed by atoms with Crippen LogP contribution in [0.3, 0.4) is 0 Å². The lowest BCUT2D eigenvalue weighted by Crippen LogP contribution is -2.40. The fraction of sp³-hybridized carbons (Fsp3) is 0.318. The normalized spacial score (nSPS) is 16.0. The van der Waals surface area contributed by atoms with Crippen LogP contribution in [-0.4, -0.2) is 59.3 Å². The van der Waals surface area contributed by atoms with E-state index in [-0.39, 0.29) is 12.4 Å². The average molecular weight is 406 g/mol. The lowest BCUT2D eigenvalue weighted by molar-refractivity contribution is 0.0358. The molecule has 1 fully saturated rings. The summed E-state index contributed by atoms with van der Waals surface area (Å²) >= 11 is 0. The molecule has 154 valence electrons. The second-order valence-electron chi connectivity index (χ2n) is 7.20. The Hall–Kier alpha value is -3.23. The zero-order valence-electron chi connectivity index (χ0n) is 16.5. The Kier molecular flexibility index (Phi) is 5.17. The summed E-state index contributed by atoms with van der Waals surface area (Å²) in [6.07, 6.45) is 0. The van der Waals surface area contributed by atoms with E-state index in [0.29, 0.717) is 35.1 Å². The predicted molar refractivity (Wildman–Crippen MR) is 111 cm³/mol. The van der Waals surface area contributed by atoms with Crippen molar-refractivity contribution < 1.29 is 14.2 Å². The van der Waals surface area contributed by atoms with Crippen molar-refractivity contribution in [3.63, 3.8) is 0 Å². The lowest BCUT2D eigenvalue weighted by Gasteiger charge is -2.26. The fourth-order valence-electron chi connectivity index (χ4n) is 3.61. The zero-order valence-corrected chi connectivity index (χ0v) is 16.5. The Morgan fingerprint density at radius 1 is 0.900 bits per heavy atom. The summed E-state index contributed by atoms with van der Waals surface area (Å²) in [4.78, 5) is 20.1. The molecule has 0 spiro atoms. The number of fused-ring (bicyclic) bond motifs is 1. The number of aromatic nitrogens is 3. The maximum atomic E-state index is 13.2. The molecule has 0 atom stereocenters. The molecule has 5 rings (SSSR count). The summed E-state index contributed by atoms with van der Waals surface area (Å²) in [6, 6.07) is 15.1. The van der Waals surface area contributed by atoms with E-state index < -0.39 is 0 Å². The second kappa shape index (κ2) is 8.25. The molecule has 0 N–H and O–H groups in total. The first kappa shape index (κ1) is 18.8. The monoisotopic (exact) mass is 406 g/mol. The summed E-state index contributed by atoms with van der Waals surface area (Å²) in [6.45, 7) is 4.56. The number of hydrogen-bond donors (Lipinski definition) is 0. The number of rotatable bonds is 5. The summed E-state index contributed by atoms with van der Waals surface area (Å²) in [5.74, 6) is 1.81. The molecule has 8 nitrogen and oxygen atoms in total. The molecule has 2 aliphatic rings. The van der Waals surface area contributed by atoms with E-state index in [1.54, 1.807) is 12.1 Å². The van der Waals surface area contributed by atoms with Gasteiger partial charge in [-0.1, -0.05) is 30.3 Å². The topological polar surface area (TPSA) is 78.7 Å². The SMILES string of the molecule is O=c1c(-c2ccc3c(c2)OCO3)nc(-c2ccccc2)nn1CCN1CCOCC1. The van der Waals surface area contributed by atoms with Gasteiger partial charge in [-0.15, -0.1) is 5.10 Å². The summed E-state index contributed by atoms with van der Waals surface area (Å²) in [7, 11) is 0. The molecule has 0 radical (unpaired) electrons. The van der Waals surface area contributed by atoms with Gasteiger partial charge in [0.05, 0.1) is 19.8 Å². The smallest absolute Gasteiger partial charge is 0.293 e. The van der Waals surface area contributed by atoms with Gasteiger partial charge >= 0.3 is 0 Å². The van der Waals surface area contributed by atoms with Gasteiger partial charge in [0, 0.05) is 30.8 Å². The largest absolute Gasteiger partial charge is 0.454 e. The van der Waals surface area contributed by atoms with E-state index in [1.807, 2.05) is 36.4 Å². The molecule has 0 unspecified atom stereocenters. The number of hydrogen-bond acceptors (Lipinski definition) is 7. The summed E-state index contributed by atoms with van der Waals surface area (Å²) in [5, 5.41) is 4.56. The van der Waals surface area contributed by atoms with Crippen molar-refractivity contribution in [3.8, 4) is 34.1 Å². The minimum Gasteiger partial charge on any atom is -0.454 e. The van der Waals surface area contributed by atoms with Crippen molar-refractivity contribution in [2.45, 2.75) is 6.54 Å². The van der Waals surface area contributed by atoms with Gasteiger partial charge in [-0.05, 0) is 18.2 Å². The van der Waals surface area contributed by atoms with Crippen LogP contribution in [0.25, 0.3) is 22.6 Å². The van der Waals surface area contributed by atoms with Crippen LogP contribution in [0, 0.1) is 0 Å². The van der Waals surface area contributed by atoms with Gasteiger partial charge in [0.2, 0.25) is 6.79 Å². The molecule has 3 heterocycles. The molecule has 0 saturated carbocycles. The van der Waals surface area contributed by atoms with E-state index >= 15 is 0 Å². The van der Waals surface area contributed by atoms with Crippen molar-refractivity contribution in [1.82, 2.24) is 19.7 Å². The zero-order chi connectivity index (χ0) is 20.3. The molecular weight excluding hydrogens is 384 g/mol. The van der Waals surface area contributed by atoms with Crippen LogP contribution in [0.15, 0.2) is 53.3 Å². The number of nitrogens with zero attached hydrogens (tertiary/aromatic N) is 4.